The second-order valence-corrected chi connectivity index (χ2v) is 5.22. The summed E-state index contributed by atoms with van der Waals surface area (Å²) in [6, 6.07) is 0. The van der Waals surface area contributed by atoms with Crippen molar-refractivity contribution < 1.29 is 22.7 Å². The van der Waals surface area contributed by atoms with Crippen LogP contribution in [0.4, 0.5) is 13.2 Å². The van der Waals surface area contributed by atoms with Gasteiger partial charge in [-0.3, -0.25) is 9.69 Å². The van der Waals surface area contributed by atoms with Crippen LogP contribution in [0, 0.1) is 0 Å². The fourth-order valence-corrected chi connectivity index (χ4v) is 2.16. The molecule has 0 aromatic heterocycles. The third-order valence-corrected chi connectivity index (χ3v) is 3.16. The standard InChI is InChI=1S/C14H27F3N2O2/c1-5-9-19(11-14(15,16)17)10-8-13(4,18-6-2)12(20)21-7-3/h18H,5-11H2,1-4H3. The summed E-state index contributed by atoms with van der Waals surface area (Å²) in [4.78, 5) is 13.3. The van der Waals surface area contributed by atoms with E-state index in [1.165, 1.54) is 4.90 Å². The van der Waals surface area contributed by atoms with Crippen LogP contribution in [-0.2, 0) is 9.53 Å². The number of nitrogens with zero attached hydrogens (tertiary/aromatic N) is 1. The number of hydrogen-bond acceptors (Lipinski definition) is 4. The zero-order valence-corrected chi connectivity index (χ0v) is 13.3. The first-order valence-electron chi connectivity index (χ1n) is 7.39. The highest BCUT2D eigenvalue weighted by Gasteiger charge is 2.36. The van der Waals surface area contributed by atoms with Gasteiger partial charge in [0.05, 0.1) is 13.2 Å². The number of likely N-dealkylation sites (N-methyl/N-ethyl adjacent to an activating group) is 1. The third-order valence-electron chi connectivity index (χ3n) is 3.16. The number of rotatable bonds is 10. The van der Waals surface area contributed by atoms with E-state index in [0.29, 0.717) is 19.5 Å². The van der Waals surface area contributed by atoms with Gasteiger partial charge >= 0.3 is 12.1 Å². The fourth-order valence-electron chi connectivity index (χ4n) is 2.16. The molecule has 0 rings (SSSR count). The number of halogens is 3. The normalized spacial score (nSPS) is 15.0. The van der Waals surface area contributed by atoms with Gasteiger partial charge in [-0.25, -0.2) is 0 Å². The van der Waals surface area contributed by atoms with Crippen LogP contribution in [0.25, 0.3) is 0 Å². The Morgan fingerprint density at radius 1 is 1.19 bits per heavy atom. The smallest absolute Gasteiger partial charge is 0.401 e. The summed E-state index contributed by atoms with van der Waals surface area (Å²) >= 11 is 0. The van der Waals surface area contributed by atoms with Crippen LogP contribution in [0.5, 0.6) is 0 Å². The Kier molecular flexibility index (Phi) is 8.89. The molecular formula is C14H27F3N2O2. The lowest BCUT2D eigenvalue weighted by atomic mass is 9.97. The Hall–Kier alpha value is -0.820. The molecule has 0 saturated heterocycles. The molecule has 7 heteroatoms. The second-order valence-electron chi connectivity index (χ2n) is 5.22. The monoisotopic (exact) mass is 312 g/mol. The number of alkyl halides is 3. The van der Waals surface area contributed by atoms with E-state index >= 15 is 0 Å². The molecule has 0 aliphatic heterocycles. The van der Waals surface area contributed by atoms with Crippen molar-refractivity contribution in [2.75, 3.05) is 32.8 Å². The fraction of sp³-hybridized carbons (Fsp3) is 0.929. The van der Waals surface area contributed by atoms with Crippen LogP contribution < -0.4 is 5.32 Å². The van der Waals surface area contributed by atoms with Crippen LogP contribution in [0.2, 0.25) is 0 Å². The molecule has 0 aromatic carbocycles. The summed E-state index contributed by atoms with van der Waals surface area (Å²) in [5, 5.41) is 3.02. The predicted molar refractivity (Wildman–Crippen MR) is 76.1 cm³/mol. The molecule has 0 heterocycles. The highest BCUT2D eigenvalue weighted by atomic mass is 19.4. The van der Waals surface area contributed by atoms with Gasteiger partial charge in [0.1, 0.15) is 5.54 Å². The van der Waals surface area contributed by atoms with E-state index in [2.05, 4.69) is 5.32 Å². The zero-order chi connectivity index (χ0) is 16.5. The lowest BCUT2D eigenvalue weighted by molar-refractivity contribution is -0.152. The molecule has 0 fully saturated rings. The van der Waals surface area contributed by atoms with E-state index in [9.17, 15) is 18.0 Å². The largest absolute Gasteiger partial charge is 0.465 e. The van der Waals surface area contributed by atoms with Gasteiger partial charge in [0, 0.05) is 6.54 Å². The Balaban J connectivity index is 4.71. The molecule has 0 aliphatic carbocycles. The van der Waals surface area contributed by atoms with Gasteiger partial charge in [0.15, 0.2) is 0 Å². The molecule has 126 valence electrons. The van der Waals surface area contributed by atoms with E-state index in [1.54, 1.807) is 13.8 Å². The topological polar surface area (TPSA) is 41.6 Å². The van der Waals surface area contributed by atoms with Crippen LogP contribution in [0.1, 0.15) is 40.5 Å². The summed E-state index contributed by atoms with van der Waals surface area (Å²) in [5.41, 5.74) is -0.956. The molecule has 0 saturated carbocycles. The summed E-state index contributed by atoms with van der Waals surface area (Å²) in [6.45, 7) is 7.44. The van der Waals surface area contributed by atoms with Crippen molar-refractivity contribution in [2.45, 2.75) is 52.3 Å². The van der Waals surface area contributed by atoms with E-state index in [4.69, 9.17) is 4.74 Å². The molecule has 1 unspecified atom stereocenters. The molecule has 0 bridgehead atoms. The lowest BCUT2D eigenvalue weighted by Crippen LogP contribution is -2.52. The van der Waals surface area contributed by atoms with Crippen LogP contribution in [0.3, 0.4) is 0 Å². The average molecular weight is 312 g/mol. The van der Waals surface area contributed by atoms with Crippen molar-refractivity contribution >= 4 is 5.97 Å². The van der Waals surface area contributed by atoms with Crippen LogP contribution in [-0.4, -0.2) is 55.4 Å². The molecule has 0 spiro atoms. The average Bonchev–Trinajstić information content (AvgIpc) is 2.35. The number of carbonyl (C=O) groups excluding carboxylic acids is 1. The second kappa shape index (κ2) is 9.25. The minimum Gasteiger partial charge on any atom is -0.465 e. The maximum absolute atomic E-state index is 12.5. The van der Waals surface area contributed by atoms with Crippen molar-refractivity contribution in [1.29, 1.82) is 0 Å². The van der Waals surface area contributed by atoms with Crippen molar-refractivity contribution in [1.82, 2.24) is 10.2 Å². The summed E-state index contributed by atoms with van der Waals surface area (Å²) in [5.74, 6) is -0.421. The Morgan fingerprint density at radius 3 is 2.24 bits per heavy atom. The van der Waals surface area contributed by atoms with Gasteiger partial charge < -0.3 is 10.1 Å². The summed E-state index contributed by atoms with van der Waals surface area (Å²) in [6.07, 6.45) is -3.32. The van der Waals surface area contributed by atoms with Crippen molar-refractivity contribution in [3.63, 3.8) is 0 Å². The van der Waals surface area contributed by atoms with Gasteiger partial charge in [-0.05, 0) is 39.8 Å². The molecule has 0 radical (unpaired) electrons. The Bertz CT molecular complexity index is 311. The lowest BCUT2D eigenvalue weighted by Gasteiger charge is -2.31. The third kappa shape index (κ3) is 8.26. The number of carbonyl (C=O) groups is 1. The highest BCUT2D eigenvalue weighted by molar-refractivity contribution is 5.80. The molecule has 1 N–H and O–H groups in total. The SMILES string of the molecule is CCCN(CCC(C)(NCC)C(=O)OCC)CC(F)(F)F. The van der Waals surface area contributed by atoms with Gasteiger partial charge in [-0.15, -0.1) is 0 Å². The molecule has 1 atom stereocenters. The summed E-state index contributed by atoms with van der Waals surface area (Å²) in [7, 11) is 0. The molecule has 21 heavy (non-hydrogen) atoms. The number of esters is 1. The minimum absolute atomic E-state index is 0.190. The quantitative estimate of drug-likeness (QED) is 0.630. The van der Waals surface area contributed by atoms with Crippen molar-refractivity contribution in [3.05, 3.63) is 0 Å². The van der Waals surface area contributed by atoms with E-state index in [0.717, 1.165) is 0 Å². The number of hydrogen-bond donors (Lipinski definition) is 1. The molecule has 4 nitrogen and oxygen atoms in total. The van der Waals surface area contributed by atoms with E-state index in [-0.39, 0.29) is 19.6 Å². The van der Waals surface area contributed by atoms with Crippen LogP contribution >= 0.6 is 0 Å². The zero-order valence-electron chi connectivity index (χ0n) is 13.3. The molecule has 0 amide bonds. The number of nitrogens with one attached hydrogen (secondary N) is 1. The first kappa shape index (κ1) is 20.2. The van der Waals surface area contributed by atoms with Gasteiger partial charge in [-0.1, -0.05) is 13.8 Å². The van der Waals surface area contributed by atoms with Crippen molar-refractivity contribution in [2.24, 2.45) is 0 Å². The summed E-state index contributed by atoms with van der Waals surface area (Å²) < 4.78 is 42.6. The molecule has 0 aliphatic rings. The van der Waals surface area contributed by atoms with Gasteiger partial charge in [-0.2, -0.15) is 13.2 Å². The Morgan fingerprint density at radius 2 is 1.81 bits per heavy atom. The highest BCUT2D eigenvalue weighted by Crippen LogP contribution is 2.19. The first-order chi connectivity index (χ1) is 9.68. The number of ether oxygens (including phenoxy) is 1. The molecular weight excluding hydrogens is 285 g/mol. The Labute approximate surface area is 125 Å². The van der Waals surface area contributed by atoms with E-state index < -0.39 is 24.2 Å². The predicted octanol–water partition coefficient (Wildman–Crippen LogP) is 2.58. The van der Waals surface area contributed by atoms with Gasteiger partial charge in [0.2, 0.25) is 0 Å². The minimum atomic E-state index is -4.23. The molecule has 0 aromatic rings. The maximum atomic E-state index is 12.5. The maximum Gasteiger partial charge on any atom is 0.401 e. The van der Waals surface area contributed by atoms with Crippen LogP contribution in [0.15, 0.2) is 0 Å². The van der Waals surface area contributed by atoms with Gasteiger partial charge in [0.25, 0.3) is 0 Å². The van der Waals surface area contributed by atoms with Crippen molar-refractivity contribution in [3.8, 4) is 0 Å². The first-order valence-corrected chi connectivity index (χ1v) is 7.39. The van der Waals surface area contributed by atoms with E-state index in [1.807, 2.05) is 13.8 Å².